The highest BCUT2D eigenvalue weighted by Crippen LogP contribution is 2.25. The molecule has 38 heavy (non-hydrogen) atoms. The summed E-state index contributed by atoms with van der Waals surface area (Å²) in [5, 5.41) is 2.69. The van der Waals surface area contributed by atoms with Crippen molar-refractivity contribution >= 4 is 54.6 Å². The van der Waals surface area contributed by atoms with Crippen LogP contribution in [0, 0.1) is 13.8 Å². The van der Waals surface area contributed by atoms with Crippen LogP contribution in [0.3, 0.4) is 0 Å². The summed E-state index contributed by atoms with van der Waals surface area (Å²) in [7, 11) is -7.65. The average Bonchev–Trinajstić information content (AvgIpc) is 2.84. The number of nitrogens with one attached hydrogen (secondary N) is 3. The van der Waals surface area contributed by atoms with Crippen LogP contribution < -0.4 is 14.8 Å². The lowest BCUT2D eigenvalue weighted by Crippen LogP contribution is -2.15. The highest BCUT2D eigenvalue weighted by Gasteiger charge is 2.18. The van der Waals surface area contributed by atoms with E-state index in [0.29, 0.717) is 11.4 Å². The van der Waals surface area contributed by atoms with E-state index >= 15 is 0 Å². The van der Waals surface area contributed by atoms with Gasteiger partial charge in [0, 0.05) is 11.4 Å². The molecule has 0 saturated carbocycles. The molecule has 0 fully saturated rings. The van der Waals surface area contributed by atoms with Gasteiger partial charge in [0.15, 0.2) is 0 Å². The Bertz CT molecular complexity index is 1700. The summed E-state index contributed by atoms with van der Waals surface area (Å²) in [5.41, 5.74) is 2.95. The predicted octanol–water partition coefficient (Wildman–Crippen LogP) is 5.81. The van der Waals surface area contributed by atoms with Crippen LogP contribution in [0.4, 0.5) is 17.1 Å². The molecule has 0 atom stereocenters. The number of sulfonamides is 2. The molecule has 0 aliphatic heterocycles. The molecular weight excluding hydrogens is 546 g/mol. The minimum absolute atomic E-state index is 0.0280. The fourth-order valence-corrected chi connectivity index (χ4v) is 5.90. The molecule has 8 nitrogen and oxygen atoms in total. The summed E-state index contributed by atoms with van der Waals surface area (Å²) in [6, 6.07) is 23.2. The summed E-state index contributed by atoms with van der Waals surface area (Å²) in [5.74, 6) is -0.545. The van der Waals surface area contributed by atoms with Crippen LogP contribution in [0.25, 0.3) is 0 Å². The fraction of sp³-hybridized carbons (Fsp3) is 0.0741. The molecule has 0 aliphatic carbocycles. The van der Waals surface area contributed by atoms with Gasteiger partial charge in [-0.25, -0.2) is 16.8 Å². The maximum atomic E-state index is 12.8. The Balaban J connectivity index is 1.44. The number of amides is 1. The Morgan fingerprint density at radius 3 is 1.71 bits per heavy atom. The third-order valence-corrected chi connectivity index (χ3v) is 8.60. The van der Waals surface area contributed by atoms with E-state index in [2.05, 4.69) is 14.8 Å². The van der Waals surface area contributed by atoms with Crippen molar-refractivity contribution in [3.8, 4) is 0 Å². The monoisotopic (exact) mass is 569 g/mol. The quantitative estimate of drug-likeness (QED) is 0.247. The zero-order valence-corrected chi connectivity index (χ0v) is 22.8. The number of halogens is 1. The van der Waals surface area contributed by atoms with Gasteiger partial charge in [-0.15, -0.1) is 0 Å². The summed E-state index contributed by atoms with van der Waals surface area (Å²) < 4.78 is 55.6. The highest BCUT2D eigenvalue weighted by molar-refractivity contribution is 7.93. The van der Waals surface area contributed by atoms with E-state index < -0.39 is 26.0 Å². The highest BCUT2D eigenvalue weighted by atomic mass is 35.5. The molecule has 0 aliphatic rings. The number of hydrogen-bond donors (Lipinski definition) is 3. The van der Waals surface area contributed by atoms with Crippen LogP contribution in [0.2, 0.25) is 5.02 Å². The number of carbonyl (C=O) groups excluding carboxylic acids is 1. The molecular formula is C27H24ClN3O5S2. The minimum atomic E-state index is -3.83. The van der Waals surface area contributed by atoms with Crippen LogP contribution in [0.5, 0.6) is 0 Å². The zero-order valence-electron chi connectivity index (χ0n) is 20.4. The van der Waals surface area contributed by atoms with E-state index in [1.165, 1.54) is 54.6 Å². The normalized spacial score (nSPS) is 11.6. The molecule has 0 heterocycles. The molecule has 1 amide bonds. The number of benzene rings is 4. The summed E-state index contributed by atoms with van der Waals surface area (Å²) in [6.07, 6.45) is 0. The van der Waals surface area contributed by atoms with Crippen molar-refractivity contribution < 1.29 is 21.6 Å². The average molecular weight is 570 g/mol. The number of hydrogen-bond acceptors (Lipinski definition) is 5. The second-order valence-electron chi connectivity index (χ2n) is 8.57. The van der Waals surface area contributed by atoms with Gasteiger partial charge in [-0.05, 0) is 86.1 Å². The fourth-order valence-electron chi connectivity index (χ4n) is 3.53. The molecule has 4 rings (SSSR count). The molecule has 0 bridgehead atoms. The van der Waals surface area contributed by atoms with Gasteiger partial charge in [-0.3, -0.25) is 14.2 Å². The smallest absolute Gasteiger partial charge is 0.261 e. The van der Waals surface area contributed by atoms with Gasteiger partial charge in [0.25, 0.3) is 26.0 Å². The number of rotatable bonds is 8. The maximum Gasteiger partial charge on any atom is 0.261 e. The Labute approximate surface area is 226 Å². The molecule has 4 aromatic carbocycles. The molecule has 4 aromatic rings. The van der Waals surface area contributed by atoms with Gasteiger partial charge in [0.1, 0.15) is 0 Å². The van der Waals surface area contributed by atoms with Gasteiger partial charge in [0.2, 0.25) is 0 Å². The number of carbonyl (C=O) groups is 1. The summed E-state index contributed by atoms with van der Waals surface area (Å²) in [4.78, 5) is 12.9. The molecule has 0 radical (unpaired) electrons. The zero-order chi connectivity index (χ0) is 27.5. The van der Waals surface area contributed by atoms with Crippen molar-refractivity contribution in [2.45, 2.75) is 23.6 Å². The first-order valence-corrected chi connectivity index (χ1v) is 14.7. The standard InChI is InChI=1S/C27H24ClN3O5S2/c1-18-6-11-23(12-7-18)37(33,34)31-22-10-15-25(26(28)17-22)27(32)29-20-8-13-24(14-9-20)38(35,36)30-21-5-3-4-19(2)16-21/h3-17,30-31H,1-2H3,(H,29,32). The first-order valence-electron chi connectivity index (χ1n) is 11.3. The topological polar surface area (TPSA) is 121 Å². The molecule has 3 N–H and O–H groups in total. The van der Waals surface area contributed by atoms with Crippen LogP contribution in [0.15, 0.2) is 101 Å². The minimum Gasteiger partial charge on any atom is -0.322 e. The van der Waals surface area contributed by atoms with Crippen molar-refractivity contribution in [2.75, 3.05) is 14.8 Å². The Kier molecular flexibility index (Phi) is 7.77. The predicted molar refractivity (Wildman–Crippen MR) is 150 cm³/mol. The first-order chi connectivity index (χ1) is 17.9. The van der Waals surface area contributed by atoms with Crippen molar-refractivity contribution in [1.29, 1.82) is 0 Å². The molecule has 11 heteroatoms. The van der Waals surface area contributed by atoms with E-state index in [0.717, 1.165) is 11.1 Å². The van der Waals surface area contributed by atoms with Gasteiger partial charge in [0.05, 0.1) is 26.1 Å². The van der Waals surface area contributed by atoms with Crippen molar-refractivity contribution in [3.63, 3.8) is 0 Å². The van der Waals surface area contributed by atoms with Gasteiger partial charge in [-0.1, -0.05) is 41.4 Å². The van der Waals surface area contributed by atoms with E-state index in [9.17, 15) is 21.6 Å². The Hall–Kier alpha value is -3.86. The second-order valence-corrected chi connectivity index (χ2v) is 12.3. The van der Waals surface area contributed by atoms with E-state index in [1.54, 1.807) is 30.3 Å². The number of aryl methyl sites for hydroxylation is 2. The van der Waals surface area contributed by atoms with E-state index in [4.69, 9.17) is 11.6 Å². The lowest BCUT2D eigenvalue weighted by molar-refractivity contribution is 0.102. The Morgan fingerprint density at radius 1 is 0.632 bits per heavy atom. The van der Waals surface area contributed by atoms with Gasteiger partial charge in [-0.2, -0.15) is 0 Å². The third-order valence-electron chi connectivity index (χ3n) is 5.49. The molecule has 0 spiro atoms. The SMILES string of the molecule is Cc1ccc(S(=O)(=O)Nc2ccc(C(=O)Nc3ccc(S(=O)(=O)Nc4cccc(C)c4)cc3)c(Cl)c2)cc1. The molecule has 196 valence electrons. The summed E-state index contributed by atoms with van der Waals surface area (Å²) in [6.45, 7) is 3.71. The second kappa shape index (κ2) is 10.9. The molecule has 0 unspecified atom stereocenters. The lowest BCUT2D eigenvalue weighted by Gasteiger charge is -2.12. The third kappa shape index (κ3) is 6.52. The van der Waals surface area contributed by atoms with Crippen molar-refractivity contribution in [3.05, 3.63) is 113 Å². The Morgan fingerprint density at radius 2 is 1.16 bits per heavy atom. The molecule has 0 aromatic heterocycles. The van der Waals surface area contributed by atoms with Crippen molar-refractivity contribution in [2.24, 2.45) is 0 Å². The summed E-state index contributed by atoms with van der Waals surface area (Å²) >= 11 is 6.28. The van der Waals surface area contributed by atoms with Crippen LogP contribution >= 0.6 is 11.6 Å². The van der Waals surface area contributed by atoms with Gasteiger partial charge >= 0.3 is 0 Å². The van der Waals surface area contributed by atoms with Gasteiger partial charge < -0.3 is 5.32 Å². The van der Waals surface area contributed by atoms with Crippen LogP contribution in [-0.2, 0) is 20.0 Å². The van der Waals surface area contributed by atoms with Crippen LogP contribution in [-0.4, -0.2) is 22.7 Å². The molecule has 0 saturated heterocycles. The maximum absolute atomic E-state index is 12.8. The lowest BCUT2D eigenvalue weighted by atomic mass is 10.2. The largest absolute Gasteiger partial charge is 0.322 e. The number of anilines is 3. The van der Waals surface area contributed by atoms with E-state index in [-0.39, 0.29) is 26.1 Å². The van der Waals surface area contributed by atoms with Crippen LogP contribution in [0.1, 0.15) is 21.5 Å². The first kappa shape index (κ1) is 27.2. The van der Waals surface area contributed by atoms with Crippen molar-refractivity contribution in [1.82, 2.24) is 0 Å². The van der Waals surface area contributed by atoms with E-state index in [1.807, 2.05) is 19.9 Å².